The number of carbonyl (C=O) groups excluding carboxylic acids is 2. The quantitative estimate of drug-likeness (QED) is 0.517. The van der Waals surface area contributed by atoms with Crippen LogP contribution in [-0.4, -0.2) is 11.8 Å². The van der Waals surface area contributed by atoms with Gasteiger partial charge in [0.1, 0.15) is 0 Å². The van der Waals surface area contributed by atoms with Crippen molar-refractivity contribution in [3.8, 4) is 0 Å². The van der Waals surface area contributed by atoms with Crippen molar-refractivity contribution in [3.63, 3.8) is 0 Å². The Morgan fingerprint density at radius 2 is 2.00 bits per heavy atom. The molecule has 0 radical (unpaired) electrons. The average molecular weight is 142 g/mol. The molecular formula is C6H10N2O2. The van der Waals surface area contributed by atoms with Crippen LogP contribution in [0.15, 0.2) is 0 Å². The van der Waals surface area contributed by atoms with E-state index in [-0.39, 0.29) is 5.92 Å². The number of hydrogen-bond donors (Lipinski definition) is 2. The zero-order valence-electron chi connectivity index (χ0n) is 5.76. The summed E-state index contributed by atoms with van der Waals surface area (Å²) in [5.74, 6) is -1.19. The van der Waals surface area contributed by atoms with Crippen LogP contribution in [0.1, 0.15) is 13.3 Å². The van der Waals surface area contributed by atoms with Crippen LogP contribution in [0.3, 0.4) is 0 Å². The Bertz CT molecular complexity index is 202. The molecule has 0 aromatic rings. The standard InChI is InChI=1S/C6H10N2O2/c1-6(5(8)10)2-3(6)4(7)9/h3H,2H2,1H3,(H2,7,9)(H2,8,10). The van der Waals surface area contributed by atoms with Crippen LogP contribution in [0.2, 0.25) is 0 Å². The van der Waals surface area contributed by atoms with Crippen LogP contribution in [-0.2, 0) is 9.59 Å². The molecule has 1 fully saturated rings. The second kappa shape index (κ2) is 1.71. The molecule has 4 heteroatoms. The first-order chi connectivity index (χ1) is 4.48. The summed E-state index contributed by atoms with van der Waals surface area (Å²) in [4.78, 5) is 21.1. The Labute approximate surface area is 58.6 Å². The van der Waals surface area contributed by atoms with Crippen molar-refractivity contribution in [3.05, 3.63) is 0 Å². The van der Waals surface area contributed by atoms with Gasteiger partial charge in [0.25, 0.3) is 0 Å². The number of rotatable bonds is 2. The molecule has 1 aliphatic carbocycles. The highest BCUT2D eigenvalue weighted by Crippen LogP contribution is 2.51. The largest absolute Gasteiger partial charge is 0.369 e. The first-order valence-corrected chi connectivity index (χ1v) is 3.07. The van der Waals surface area contributed by atoms with Gasteiger partial charge in [0.15, 0.2) is 0 Å². The van der Waals surface area contributed by atoms with Crippen molar-refractivity contribution < 1.29 is 9.59 Å². The first kappa shape index (κ1) is 7.05. The lowest BCUT2D eigenvalue weighted by molar-refractivity contribution is -0.127. The zero-order valence-corrected chi connectivity index (χ0v) is 5.76. The molecule has 2 unspecified atom stereocenters. The minimum absolute atomic E-state index is 0.329. The number of amides is 2. The molecule has 0 aliphatic heterocycles. The van der Waals surface area contributed by atoms with Crippen LogP contribution in [0.25, 0.3) is 0 Å². The van der Waals surface area contributed by atoms with Crippen LogP contribution >= 0.6 is 0 Å². The Kier molecular flexibility index (Phi) is 1.21. The van der Waals surface area contributed by atoms with E-state index >= 15 is 0 Å². The van der Waals surface area contributed by atoms with Crippen molar-refractivity contribution in [1.29, 1.82) is 0 Å². The van der Waals surface area contributed by atoms with Crippen molar-refractivity contribution in [2.24, 2.45) is 22.8 Å². The van der Waals surface area contributed by atoms with Crippen LogP contribution in [0.5, 0.6) is 0 Å². The minimum atomic E-state index is -0.647. The van der Waals surface area contributed by atoms with E-state index in [9.17, 15) is 9.59 Å². The molecule has 10 heavy (non-hydrogen) atoms. The molecule has 1 aliphatic rings. The summed E-state index contributed by atoms with van der Waals surface area (Å²) in [5.41, 5.74) is 9.33. The number of hydrogen-bond acceptors (Lipinski definition) is 2. The van der Waals surface area contributed by atoms with Gasteiger partial charge in [0.2, 0.25) is 11.8 Å². The third-order valence-electron chi connectivity index (χ3n) is 2.14. The molecule has 56 valence electrons. The smallest absolute Gasteiger partial charge is 0.224 e. The molecule has 0 saturated heterocycles. The molecular weight excluding hydrogens is 132 g/mol. The molecule has 0 spiro atoms. The maximum Gasteiger partial charge on any atom is 0.224 e. The molecule has 0 aromatic carbocycles. The molecule has 2 atom stereocenters. The van der Waals surface area contributed by atoms with Crippen LogP contribution < -0.4 is 11.5 Å². The lowest BCUT2D eigenvalue weighted by Crippen LogP contribution is -2.28. The van der Waals surface area contributed by atoms with E-state index in [4.69, 9.17) is 11.5 Å². The molecule has 0 heterocycles. The topological polar surface area (TPSA) is 86.2 Å². The summed E-state index contributed by atoms with van der Waals surface area (Å²) >= 11 is 0. The van der Waals surface area contributed by atoms with Crippen molar-refractivity contribution >= 4 is 11.8 Å². The summed E-state index contributed by atoms with van der Waals surface area (Å²) in [5, 5.41) is 0. The first-order valence-electron chi connectivity index (χ1n) is 3.07. The van der Waals surface area contributed by atoms with Crippen molar-refractivity contribution in [2.45, 2.75) is 13.3 Å². The van der Waals surface area contributed by atoms with E-state index in [1.54, 1.807) is 6.92 Å². The number of nitrogens with two attached hydrogens (primary N) is 2. The second-order valence-electron chi connectivity index (χ2n) is 2.94. The Hall–Kier alpha value is -1.06. The zero-order chi connectivity index (χ0) is 7.94. The summed E-state index contributed by atoms with van der Waals surface area (Å²) in [6.45, 7) is 1.66. The monoisotopic (exact) mass is 142 g/mol. The van der Waals surface area contributed by atoms with Gasteiger partial charge in [-0.15, -0.1) is 0 Å². The maximum absolute atomic E-state index is 10.6. The SMILES string of the molecule is CC1(C(N)=O)CC1C(N)=O. The predicted molar refractivity (Wildman–Crippen MR) is 34.6 cm³/mol. The van der Waals surface area contributed by atoms with Gasteiger partial charge in [-0.3, -0.25) is 9.59 Å². The van der Waals surface area contributed by atoms with Gasteiger partial charge in [-0.1, -0.05) is 0 Å². The van der Waals surface area contributed by atoms with Gasteiger partial charge in [-0.2, -0.15) is 0 Å². The normalized spacial score (nSPS) is 37.1. The molecule has 2 amide bonds. The van der Waals surface area contributed by atoms with E-state index in [0.29, 0.717) is 6.42 Å². The van der Waals surface area contributed by atoms with Gasteiger partial charge >= 0.3 is 0 Å². The van der Waals surface area contributed by atoms with Gasteiger partial charge < -0.3 is 11.5 Å². The predicted octanol–water partition coefficient (Wildman–Crippen LogP) is -1.02. The van der Waals surface area contributed by atoms with E-state index in [1.807, 2.05) is 0 Å². The van der Waals surface area contributed by atoms with E-state index in [0.717, 1.165) is 0 Å². The molecule has 4 nitrogen and oxygen atoms in total. The van der Waals surface area contributed by atoms with Gasteiger partial charge in [-0.25, -0.2) is 0 Å². The van der Waals surface area contributed by atoms with E-state index in [1.165, 1.54) is 0 Å². The Morgan fingerprint density at radius 1 is 1.50 bits per heavy atom. The highest BCUT2D eigenvalue weighted by molar-refractivity contribution is 5.94. The number of primary amides is 2. The lowest BCUT2D eigenvalue weighted by atomic mass is 10.1. The fourth-order valence-corrected chi connectivity index (χ4v) is 1.05. The van der Waals surface area contributed by atoms with Crippen LogP contribution in [0.4, 0.5) is 0 Å². The van der Waals surface area contributed by atoms with E-state index < -0.39 is 17.2 Å². The third kappa shape index (κ3) is 0.761. The van der Waals surface area contributed by atoms with E-state index in [2.05, 4.69) is 0 Å². The minimum Gasteiger partial charge on any atom is -0.369 e. The van der Waals surface area contributed by atoms with Gasteiger partial charge in [-0.05, 0) is 13.3 Å². The van der Waals surface area contributed by atoms with Gasteiger partial charge in [0.05, 0.1) is 11.3 Å². The molecule has 4 N–H and O–H groups in total. The lowest BCUT2D eigenvalue weighted by Gasteiger charge is -2.01. The molecule has 0 aromatic heterocycles. The van der Waals surface area contributed by atoms with Crippen molar-refractivity contribution in [1.82, 2.24) is 0 Å². The third-order valence-corrected chi connectivity index (χ3v) is 2.14. The fourth-order valence-electron chi connectivity index (χ4n) is 1.05. The maximum atomic E-state index is 10.6. The molecule has 1 rings (SSSR count). The average Bonchev–Trinajstić information content (AvgIpc) is 2.43. The Balaban J connectivity index is 2.65. The fraction of sp³-hybridized carbons (Fsp3) is 0.667. The molecule has 1 saturated carbocycles. The molecule has 0 bridgehead atoms. The number of carbonyl (C=O) groups is 2. The van der Waals surface area contributed by atoms with Crippen LogP contribution in [0, 0.1) is 11.3 Å². The van der Waals surface area contributed by atoms with Crippen molar-refractivity contribution in [2.75, 3.05) is 0 Å². The Morgan fingerprint density at radius 3 is 2.10 bits per heavy atom. The second-order valence-corrected chi connectivity index (χ2v) is 2.94. The summed E-state index contributed by atoms with van der Waals surface area (Å²) in [7, 11) is 0. The highest BCUT2D eigenvalue weighted by atomic mass is 16.2. The summed E-state index contributed by atoms with van der Waals surface area (Å²) in [6, 6.07) is 0. The summed E-state index contributed by atoms with van der Waals surface area (Å²) < 4.78 is 0. The summed E-state index contributed by atoms with van der Waals surface area (Å²) in [6.07, 6.45) is 0.512. The highest BCUT2D eigenvalue weighted by Gasteiger charge is 2.58. The van der Waals surface area contributed by atoms with Gasteiger partial charge in [0, 0.05) is 0 Å².